The Morgan fingerprint density at radius 2 is 2.12 bits per heavy atom. The van der Waals surface area contributed by atoms with E-state index in [1.807, 2.05) is 49.1 Å². The summed E-state index contributed by atoms with van der Waals surface area (Å²) in [6, 6.07) is 5.74. The molecule has 1 aliphatic heterocycles. The third-order valence-corrected chi connectivity index (χ3v) is 6.25. The fourth-order valence-electron chi connectivity index (χ4n) is 4.28. The Morgan fingerprint density at radius 1 is 1.28 bits per heavy atom. The van der Waals surface area contributed by atoms with Crippen LogP contribution in [0.15, 0.2) is 30.6 Å². The van der Waals surface area contributed by atoms with Gasteiger partial charge in [-0.05, 0) is 38.8 Å². The molecule has 10 heteroatoms. The predicted molar refractivity (Wildman–Crippen MR) is 122 cm³/mol. The number of nitrogens with zero attached hydrogens (tertiary/aromatic N) is 7. The smallest absolute Gasteiger partial charge is 0.223 e. The van der Waals surface area contributed by atoms with Crippen LogP contribution < -0.4 is 15.4 Å². The Hall–Kier alpha value is -3.40. The quantitative estimate of drug-likeness (QED) is 0.488. The third-order valence-electron chi connectivity index (χ3n) is 6.25. The van der Waals surface area contributed by atoms with Crippen LogP contribution in [-0.2, 0) is 5.54 Å². The number of nitrogen functional groups attached to an aromatic ring is 1. The van der Waals surface area contributed by atoms with Gasteiger partial charge in [-0.15, -0.1) is 5.10 Å². The van der Waals surface area contributed by atoms with Crippen LogP contribution in [0.5, 0.6) is 5.75 Å². The molecule has 0 aliphatic carbocycles. The lowest BCUT2D eigenvalue weighted by atomic mass is 9.97. The van der Waals surface area contributed by atoms with E-state index in [1.165, 1.54) is 0 Å². The number of hydrogen-bond donors (Lipinski definition) is 2. The molecule has 1 atom stereocenters. The number of fused-ring (bicyclic) bond motifs is 3. The van der Waals surface area contributed by atoms with E-state index in [4.69, 9.17) is 20.6 Å². The van der Waals surface area contributed by atoms with Gasteiger partial charge in [0.25, 0.3) is 0 Å². The van der Waals surface area contributed by atoms with E-state index >= 15 is 0 Å². The molecular formula is C22H28N8O2. The Morgan fingerprint density at radius 3 is 2.91 bits per heavy atom. The van der Waals surface area contributed by atoms with E-state index in [2.05, 4.69) is 15.0 Å². The van der Waals surface area contributed by atoms with Crippen LogP contribution in [0.2, 0.25) is 0 Å². The Labute approximate surface area is 185 Å². The number of ether oxygens (including phenoxy) is 1. The number of aliphatic hydroxyl groups excluding tert-OH is 1. The summed E-state index contributed by atoms with van der Waals surface area (Å²) >= 11 is 0. The molecule has 5 rings (SSSR count). The van der Waals surface area contributed by atoms with Crippen LogP contribution in [0.1, 0.15) is 38.4 Å². The predicted octanol–water partition coefficient (Wildman–Crippen LogP) is 2.18. The van der Waals surface area contributed by atoms with E-state index in [0.29, 0.717) is 16.9 Å². The molecule has 0 bridgehead atoms. The van der Waals surface area contributed by atoms with Crippen molar-refractivity contribution in [3.63, 3.8) is 0 Å². The van der Waals surface area contributed by atoms with Gasteiger partial charge in [0.1, 0.15) is 11.3 Å². The Bertz CT molecular complexity index is 1280. The van der Waals surface area contributed by atoms with E-state index in [-0.39, 0.29) is 18.5 Å². The first-order chi connectivity index (χ1) is 15.4. The lowest BCUT2D eigenvalue weighted by Crippen LogP contribution is -2.35. The van der Waals surface area contributed by atoms with E-state index in [1.54, 1.807) is 11.6 Å². The average Bonchev–Trinajstić information content (AvgIpc) is 3.48. The van der Waals surface area contributed by atoms with Gasteiger partial charge in [-0.3, -0.25) is 4.68 Å². The normalized spacial score (nSPS) is 17.4. The van der Waals surface area contributed by atoms with Crippen LogP contribution in [0.4, 0.5) is 11.6 Å². The monoisotopic (exact) mass is 436 g/mol. The molecule has 1 aliphatic rings. The molecule has 0 unspecified atom stereocenters. The minimum absolute atomic E-state index is 0.0239. The molecule has 32 heavy (non-hydrogen) atoms. The van der Waals surface area contributed by atoms with E-state index in [0.717, 1.165) is 42.8 Å². The molecule has 0 spiro atoms. The van der Waals surface area contributed by atoms with E-state index < -0.39 is 5.54 Å². The summed E-state index contributed by atoms with van der Waals surface area (Å²) in [4.78, 5) is 11.7. The number of anilines is 2. The molecule has 3 N–H and O–H groups in total. The number of piperidine rings is 1. The summed E-state index contributed by atoms with van der Waals surface area (Å²) in [6.45, 7) is 5.67. The van der Waals surface area contributed by atoms with Gasteiger partial charge < -0.3 is 20.5 Å². The number of benzene rings is 1. The summed E-state index contributed by atoms with van der Waals surface area (Å²) in [7, 11) is 1.62. The van der Waals surface area contributed by atoms with Gasteiger partial charge in [0.2, 0.25) is 5.95 Å². The highest BCUT2D eigenvalue weighted by Gasteiger charge is 2.28. The first-order valence-electron chi connectivity index (χ1n) is 10.8. The maximum Gasteiger partial charge on any atom is 0.223 e. The zero-order valence-corrected chi connectivity index (χ0v) is 18.6. The molecule has 1 aromatic carbocycles. The largest absolute Gasteiger partial charge is 0.494 e. The van der Waals surface area contributed by atoms with Crippen molar-refractivity contribution < 1.29 is 9.84 Å². The molecule has 0 radical (unpaired) electrons. The second-order valence-corrected chi connectivity index (χ2v) is 8.93. The van der Waals surface area contributed by atoms with Gasteiger partial charge in [0, 0.05) is 30.6 Å². The molecule has 4 heterocycles. The highest BCUT2D eigenvalue weighted by Crippen LogP contribution is 2.32. The number of aliphatic hydroxyl groups is 1. The van der Waals surface area contributed by atoms with Crippen LogP contribution in [-0.4, -0.2) is 61.3 Å². The first-order valence-corrected chi connectivity index (χ1v) is 10.8. The molecule has 0 amide bonds. The number of nitrogens with two attached hydrogens (primary N) is 1. The molecule has 168 valence electrons. The summed E-state index contributed by atoms with van der Waals surface area (Å²) in [5.41, 5.74) is 8.19. The molecule has 0 saturated carbocycles. The number of hydrogen-bond acceptors (Lipinski definition) is 8. The molecule has 4 aromatic rings. The van der Waals surface area contributed by atoms with Gasteiger partial charge in [0.15, 0.2) is 11.5 Å². The number of rotatable bonds is 5. The number of aromatic nitrogens is 6. The van der Waals surface area contributed by atoms with Crippen molar-refractivity contribution in [3.05, 3.63) is 36.4 Å². The molecule has 10 nitrogen and oxygen atoms in total. The van der Waals surface area contributed by atoms with Crippen molar-refractivity contribution in [2.75, 3.05) is 37.4 Å². The maximum absolute atomic E-state index is 9.64. The first kappa shape index (κ1) is 20.5. The summed E-state index contributed by atoms with van der Waals surface area (Å²) in [6.07, 6.45) is 5.88. The Kier molecular flexibility index (Phi) is 4.89. The molecule has 1 fully saturated rings. The van der Waals surface area contributed by atoms with Gasteiger partial charge >= 0.3 is 0 Å². The zero-order chi connectivity index (χ0) is 22.5. The van der Waals surface area contributed by atoms with Gasteiger partial charge in [-0.25, -0.2) is 9.97 Å². The summed E-state index contributed by atoms with van der Waals surface area (Å²) in [5.74, 6) is 1.88. The van der Waals surface area contributed by atoms with E-state index in [9.17, 15) is 5.11 Å². The highest BCUT2D eigenvalue weighted by molar-refractivity contribution is 5.95. The fraction of sp³-hybridized carbons (Fsp3) is 0.455. The number of para-hydroxylation sites is 1. The Balaban J connectivity index is 1.48. The lowest BCUT2D eigenvalue weighted by Gasteiger charge is -2.32. The van der Waals surface area contributed by atoms with Crippen molar-refractivity contribution in [2.24, 2.45) is 0 Å². The van der Waals surface area contributed by atoms with Crippen LogP contribution >= 0.6 is 0 Å². The van der Waals surface area contributed by atoms with Gasteiger partial charge in [-0.2, -0.15) is 9.61 Å². The lowest BCUT2D eigenvalue weighted by molar-refractivity contribution is 0.152. The van der Waals surface area contributed by atoms with Crippen LogP contribution in [0, 0.1) is 0 Å². The SMILES string of the molecule is COc1cccc2c1nc(N)n1nc([C@@H]3CCCN(c4cnn(C(C)(C)CO)c4)C3)nc21. The third kappa shape index (κ3) is 3.31. The fourth-order valence-corrected chi connectivity index (χ4v) is 4.28. The van der Waals surface area contributed by atoms with Crippen molar-refractivity contribution in [1.82, 2.24) is 29.4 Å². The van der Waals surface area contributed by atoms with Crippen LogP contribution in [0.25, 0.3) is 16.6 Å². The minimum Gasteiger partial charge on any atom is -0.494 e. The van der Waals surface area contributed by atoms with Crippen molar-refractivity contribution in [2.45, 2.75) is 38.1 Å². The topological polar surface area (TPSA) is 120 Å². The van der Waals surface area contributed by atoms with Gasteiger partial charge in [-0.1, -0.05) is 6.07 Å². The van der Waals surface area contributed by atoms with Crippen molar-refractivity contribution in [1.29, 1.82) is 0 Å². The maximum atomic E-state index is 9.64. The minimum atomic E-state index is -0.441. The molecule has 1 saturated heterocycles. The summed E-state index contributed by atoms with van der Waals surface area (Å²) in [5, 5.41) is 19.7. The van der Waals surface area contributed by atoms with Crippen LogP contribution in [0.3, 0.4) is 0 Å². The second kappa shape index (κ2) is 7.63. The molecule has 3 aromatic heterocycles. The zero-order valence-electron chi connectivity index (χ0n) is 18.6. The highest BCUT2D eigenvalue weighted by atomic mass is 16.5. The number of methoxy groups -OCH3 is 1. The standard InChI is InChI=1S/C22H28N8O2/c1-22(2,13-31)29-12-15(10-24-29)28-9-5-6-14(11-28)19-26-20-16-7-4-8-17(32-3)18(16)25-21(23)30(20)27-19/h4,7-8,10,12,14,31H,5-6,9,11,13H2,1-3H3,(H2,23,25)/t14-/m1/s1. The summed E-state index contributed by atoms with van der Waals surface area (Å²) < 4.78 is 8.89. The second-order valence-electron chi connectivity index (χ2n) is 8.93. The van der Waals surface area contributed by atoms with Gasteiger partial charge in [0.05, 0.1) is 31.1 Å². The van der Waals surface area contributed by atoms with Crippen molar-refractivity contribution in [3.8, 4) is 5.75 Å². The average molecular weight is 437 g/mol. The molecular weight excluding hydrogens is 408 g/mol. The van der Waals surface area contributed by atoms with Crippen molar-refractivity contribution >= 4 is 28.2 Å².